The van der Waals surface area contributed by atoms with Crippen LogP contribution in [0.25, 0.3) is 0 Å². The molecular weight excluding hydrogens is 588 g/mol. The molecule has 8 nitrogen and oxygen atoms in total. The maximum atomic E-state index is 11.5. The summed E-state index contributed by atoms with van der Waals surface area (Å²) in [6, 6.07) is 0. The van der Waals surface area contributed by atoms with Crippen molar-refractivity contribution in [3.8, 4) is 0 Å². The molecule has 0 saturated carbocycles. The van der Waals surface area contributed by atoms with Crippen LogP contribution in [-0.2, 0) is 9.59 Å². The van der Waals surface area contributed by atoms with E-state index in [9.17, 15) is 30.0 Å². The van der Waals surface area contributed by atoms with Gasteiger partial charge < -0.3 is 30.6 Å². The largest absolute Gasteiger partial charge is 0.481 e. The third-order valence-corrected chi connectivity index (χ3v) is 8.59. The van der Waals surface area contributed by atoms with E-state index in [1.165, 1.54) is 103 Å². The minimum Gasteiger partial charge on any atom is -0.481 e. The van der Waals surface area contributed by atoms with Crippen LogP contribution in [0.3, 0.4) is 0 Å². The van der Waals surface area contributed by atoms with Gasteiger partial charge in [-0.05, 0) is 12.8 Å². The normalized spacial score (nSPS) is 11.3. The zero-order valence-corrected chi connectivity index (χ0v) is 29.3. The monoisotopic (exact) mass is 656 g/mol. The Balaban J connectivity index is -0.00000136. The summed E-state index contributed by atoms with van der Waals surface area (Å²) in [4.78, 5) is 18.6. The third-order valence-electron chi connectivity index (χ3n) is 8.05. The minimum atomic E-state index is -1.22. The molecule has 0 aromatic rings. The Labute approximate surface area is 274 Å². The smallest absolute Gasteiger partial charge is 0.313 e. The van der Waals surface area contributed by atoms with Gasteiger partial charge in [-0.25, -0.2) is 0 Å². The van der Waals surface area contributed by atoms with Crippen molar-refractivity contribution in [3.63, 3.8) is 0 Å². The highest BCUT2D eigenvalue weighted by molar-refractivity contribution is 7.81. The minimum absolute atomic E-state index is 0.0833. The van der Waals surface area contributed by atoms with Crippen molar-refractivity contribution < 1.29 is 40.2 Å². The number of rotatable bonds is 28. The Morgan fingerprint density at radius 1 is 0.488 bits per heavy atom. The number of aliphatic carboxylic acids is 2. The molecular formula is C33H68O8S2. The molecule has 0 aliphatic carbocycles. The molecule has 0 spiro atoms. The number of aliphatic hydroxyl groups excluding tert-OH is 3. The lowest BCUT2D eigenvalue weighted by atomic mass is 9.68. The van der Waals surface area contributed by atoms with Gasteiger partial charge >= 0.3 is 11.9 Å². The molecule has 260 valence electrons. The number of unbranched alkanes of at least 4 members (excludes halogenated alkanes) is 18. The average Bonchev–Trinajstić information content (AvgIpc) is 3.00. The van der Waals surface area contributed by atoms with E-state index >= 15 is 0 Å². The molecule has 0 rings (SSSR count). The van der Waals surface area contributed by atoms with E-state index in [1.54, 1.807) is 0 Å². The molecule has 0 bridgehead atoms. The highest BCUT2D eigenvalue weighted by Crippen LogP contribution is 2.39. The summed E-state index contributed by atoms with van der Waals surface area (Å²) in [7, 11) is 0. The van der Waals surface area contributed by atoms with Crippen LogP contribution in [0.1, 0.15) is 155 Å². The predicted octanol–water partition coefficient (Wildman–Crippen LogP) is 7.30. The number of carbonyl (C=O) groups is 2. The molecule has 6 N–H and O–H groups in total. The van der Waals surface area contributed by atoms with E-state index in [0.717, 1.165) is 25.7 Å². The van der Waals surface area contributed by atoms with Crippen LogP contribution in [0, 0.1) is 5.41 Å². The molecule has 0 atom stereocenters. The number of thiol groups is 2. The maximum Gasteiger partial charge on any atom is 0.313 e. The molecule has 10 heteroatoms. The summed E-state index contributed by atoms with van der Waals surface area (Å²) in [5, 5.41) is 56.6. The van der Waals surface area contributed by atoms with E-state index in [2.05, 4.69) is 39.1 Å². The summed E-state index contributed by atoms with van der Waals surface area (Å²) in [6.45, 7) is 3.34. The van der Waals surface area contributed by atoms with Crippen molar-refractivity contribution >= 4 is 37.2 Å². The van der Waals surface area contributed by atoms with E-state index in [4.69, 9.17) is 10.2 Å². The highest BCUT2D eigenvalue weighted by Gasteiger charge is 2.48. The molecule has 0 radical (unpaired) electrons. The van der Waals surface area contributed by atoms with Crippen LogP contribution in [0.2, 0.25) is 0 Å². The molecule has 0 aliphatic rings. The number of aliphatic hydroxyl groups is 4. The van der Waals surface area contributed by atoms with Gasteiger partial charge in [-0.1, -0.05) is 142 Å². The van der Waals surface area contributed by atoms with Crippen molar-refractivity contribution in [3.05, 3.63) is 0 Å². The number of hydrogen-bond acceptors (Lipinski definition) is 8. The average molecular weight is 657 g/mol. The molecule has 0 fully saturated rings. The van der Waals surface area contributed by atoms with Crippen LogP contribution in [-0.4, -0.2) is 79.5 Å². The first-order chi connectivity index (χ1) is 20.6. The molecule has 43 heavy (non-hydrogen) atoms. The van der Waals surface area contributed by atoms with Gasteiger partial charge in [0.15, 0.2) is 0 Å². The Hall–Kier alpha value is -0.520. The topological polar surface area (TPSA) is 156 Å². The van der Waals surface area contributed by atoms with Gasteiger partial charge in [0.2, 0.25) is 0 Å². The highest BCUT2D eigenvalue weighted by atomic mass is 32.1. The summed E-state index contributed by atoms with van der Waals surface area (Å²) < 4.78 is 0. The van der Waals surface area contributed by atoms with Crippen molar-refractivity contribution in [2.45, 2.75) is 161 Å². The van der Waals surface area contributed by atoms with E-state index < -0.39 is 23.0 Å². The number of hydrogen-bond donors (Lipinski definition) is 8. The molecule has 0 aliphatic heterocycles. The van der Waals surface area contributed by atoms with E-state index in [1.807, 2.05) is 0 Å². The zero-order chi connectivity index (χ0) is 33.2. The maximum absolute atomic E-state index is 11.5. The SMILES string of the molecule is CCCCCCCCCCCCC(O)(CCCCCCCCCCCC)C(CO)(CO)CO.O=C(O)CS.O=C(O)CS. The Bertz CT molecular complexity index is 557. The van der Waals surface area contributed by atoms with Crippen LogP contribution >= 0.6 is 25.3 Å². The van der Waals surface area contributed by atoms with Crippen molar-refractivity contribution in [2.75, 3.05) is 31.3 Å². The molecule has 0 aromatic carbocycles. The molecule has 0 aromatic heterocycles. The van der Waals surface area contributed by atoms with Crippen LogP contribution in [0.4, 0.5) is 0 Å². The second-order valence-electron chi connectivity index (χ2n) is 11.8. The molecule has 0 amide bonds. The van der Waals surface area contributed by atoms with Gasteiger partial charge in [0.05, 0.1) is 42.3 Å². The summed E-state index contributed by atoms with van der Waals surface area (Å²) in [5.41, 5.74) is -2.42. The Kier molecular flexibility index (Phi) is 37.5. The number of carboxylic acid groups (broad SMARTS) is 2. The number of carboxylic acids is 2. The zero-order valence-electron chi connectivity index (χ0n) is 27.5. The van der Waals surface area contributed by atoms with Gasteiger partial charge in [-0.15, -0.1) is 0 Å². The second-order valence-corrected chi connectivity index (χ2v) is 12.4. The quantitative estimate of drug-likeness (QED) is 0.0322. The standard InChI is InChI=1S/C29H60O4.2C2H4O2S/c1-3-5-7-9-11-13-15-17-19-21-23-29(33,28(25-30,26-31)27-32)24-22-20-18-16-14-12-10-8-6-4-2;2*3-2(4)1-5/h30-33H,3-27H2,1-2H3;2*5H,1H2,(H,3,4). The lowest BCUT2D eigenvalue weighted by Gasteiger charge is -2.44. The Morgan fingerprint density at radius 2 is 0.698 bits per heavy atom. The van der Waals surface area contributed by atoms with Crippen LogP contribution in [0.5, 0.6) is 0 Å². The summed E-state index contributed by atoms with van der Waals surface area (Å²) in [5.74, 6) is -1.93. The van der Waals surface area contributed by atoms with Gasteiger partial charge in [0, 0.05) is 0 Å². The summed E-state index contributed by atoms with van der Waals surface area (Å²) in [6.07, 6.45) is 25.7. The first-order valence-corrected chi connectivity index (χ1v) is 18.1. The molecule has 0 saturated heterocycles. The van der Waals surface area contributed by atoms with Gasteiger partial charge in [0.1, 0.15) is 0 Å². The lowest BCUT2D eigenvalue weighted by molar-refractivity contribution is -0.162. The van der Waals surface area contributed by atoms with E-state index in [-0.39, 0.29) is 31.3 Å². The predicted molar refractivity (Wildman–Crippen MR) is 185 cm³/mol. The molecule has 0 unspecified atom stereocenters. The van der Waals surface area contributed by atoms with Crippen LogP contribution < -0.4 is 0 Å². The first-order valence-electron chi connectivity index (χ1n) is 16.8. The van der Waals surface area contributed by atoms with E-state index in [0.29, 0.717) is 12.8 Å². The fraction of sp³-hybridized carbons (Fsp3) is 0.939. The van der Waals surface area contributed by atoms with Crippen molar-refractivity contribution in [2.24, 2.45) is 5.41 Å². The first kappa shape index (κ1) is 46.9. The summed E-state index contributed by atoms with van der Waals surface area (Å²) >= 11 is 6.83. The van der Waals surface area contributed by atoms with Crippen molar-refractivity contribution in [1.82, 2.24) is 0 Å². The van der Waals surface area contributed by atoms with Gasteiger partial charge in [0.25, 0.3) is 0 Å². The van der Waals surface area contributed by atoms with Crippen molar-refractivity contribution in [1.29, 1.82) is 0 Å². The fourth-order valence-electron chi connectivity index (χ4n) is 5.06. The third kappa shape index (κ3) is 28.7. The lowest BCUT2D eigenvalue weighted by Crippen LogP contribution is -2.55. The van der Waals surface area contributed by atoms with Gasteiger partial charge in [-0.3, -0.25) is 9.59 Å². The fourth-order valence-corrected chi connectivity index (χ4v) is 5.06. The molecule has 0 heterocycles. The van der Waals surface area contributed by atoms with Gasteiger partial charge in [-0.2, -0.15) is 25.3 Å². The Morgan fingerprint density at radius 3 is 0.884 bits per heavy atom. The van der Waals surface area contributed by atoms with Crippen LogP contribution in [0.15, 0.2) is 0 Å². The second kappa shape index (κ2) is 34.4.